The molecular formula is C10H18N2S2. The van der Waals surface area contributed by atoms with Crippen molar-refractivity contribution in [1.82, 2.24) is 4.98 Å². The molecule has 80 valence electrons. The van der Waals surface area contributed by atoms with Gasteiger partial charge >= 0.3 is 0 Å². The zero-order chi connectivity index (χ0) is 10.4. The van der Waals surface area contributed by atoms with Gasteiger partial charge < -0.3 is 5.73 Å². The monoisotopic (exact) mass is 230 g/mol. The molecule has 0 bridgehead atoms. The van der Waals surface area contributed by atoms with Gasteiger partial charge in [-0.3, -0.25) is 0 Å². The zero-order valence-electron chi connectivity index (χ0n) is 8.82. The van der Waals surface area contributed by atoms with Crippen molar-refractivity contribution >= 4 is 23.1 Å². The van der Waals surface area contributed by atoms with Gasteiger partial charge in [0, 0.05) is 22.9 Å². The Hall–Kier alpha value is -0.0600. The summed E-state index contributed by atoms with van der Waals surface area (Å²) in [4.78, 5) is 4.55. The lowest BCUT2D eigenvalue weighted by atomic mass is 10.3. The molecular weight excluding hydrogens is 212 g/mol. The van der Waals surface area contributed by atoms with Crippen LogP contribution in [0.4, 0.5) is 0 Å². The van der Waals surface area contributed by atoms with E-state index >= 15 is 0 Å². The van der Waals surface area contributed by atoms with Crippen LogP contribution in [0.2, 0.25) is 0 Å². The van der Waals surface area contributed by atoms with Crippen LogP contribution in [0.25, 0.3) is 0 Å². The van der Waals surface area contributed by atoms with Crippen LogP contribution in [0.3, 0.4) is 0 Å². The van der Waals surface area contributed by atoms with Crippen molar-refractivity contribution < 1.29 is 0 Å². The van der Waals surface area contributed by atoms with E-state index in [0.717, 1.165) is 17.9 Å². The second-order valence-corrected chi connectivity index (χ2v) is 5.45. The molecule has 0 aliphatic rings. The SMILES string of the molecule is CCCc1nc(CSCC(C)N)cs1. The molecule has 0 fully saturated rings. The first-order valence-corrected chi connectivity index (χ1v) is 7.02. The first kappa shape index (κ1) is 12.0. The summed E-state index contributed by atoms with van der Waals surface area (Å²) in [6.07, 6.45) is 2.29. The molecule has 0 aliphatic carbocycles. The Labute approximate surface area is 94.3 Å². The molecule has 1 unspecified atom stereocenters. The number of hydrogen-bond donors (Lipinski definition) is 1. The van der Waals surface area contributed by atoms with E-state index in [0.29, 0.717) is 0 Å². The topological polar surface area (TPSA) is 38.9 Å². The highest BCUT2D eigenvalue weighted by Gasteiger charge is 2.02. The van der Waals surface area contributed by atoms with Gasteiger partial charge in [0.15, 0.2) is 0 Å². The minimum Gasteiger partial charge on any atom is -0.327 e. The highest BCUT2D eigenvalue weighted by atomic mass is 32.2. The van der Waals surface area contributed by atoms with E-state index in [9.17, 15) is 0 Å². The Bertz CT molecular complexity index is 258. The third-order valence-corrected chi connectivity index (χ3v) is 3.91. The summed E-state index contributed by atoms with van der Waals surface area (Å²) in [5, 5.41) is 3.43. The zero-order valence-corrected chi connectivity index (χ0v) is 10.5. The van der Waals surface area contributed by atoms with Crippen molar-refractivity contribution in [2.75, 3.05) is 5.75 Å². The summed E-state index contributed by atoms with van der Waals surface area (Å²) in [6.45, 7) is 4.22. The Morgan fingerprint density at radius 2 is 2.43 bits per heavy atom. The van der Waals surface area contributed by atoms with Crippen molar-refractivity contribution in [2.45, 2.75) is 38.5 Å². The largest absolute Gasteiger partial charge is 0.327 e. The van der Waals surface area contributed by atoms with Gasteiger partial charge in [-0.15, -0.1) is 11.3 Å². The van der Waals surface area contributed by atoms with Gasteiger partial charge in [-0.05, 0) is 19.8 Å². The molecule has 0 saturated carbocycles. The van der Waals surface area contributed by atoms with Crippen LogP contribution in [-0.2, 0) is 12.2 Å². The van der Waals surface area contributed by atoms with Gasteiger partial charge in [0.05, 0.1) is 10.7 Å². The second kappa shape index (κ2) is 6.43. The molecule has 0 radical (unpaired) electrons. The quantitative estimate of drug-likeness (QED) is 0.816. The number of aromatic nitrogens is 1. The number of thioether (sulfide) groups is 1. The van der Waals surface area contributed by atoms with E-state index in [-0.39, 0.29) is 6.04 Å². The van der Waals surface area contributed by atoms with Crippen LogP contribution in [0.15, 0.2) is 5.38 Å². The fourth-order valence-electron chi connectivity index (χ4n) is 1.09. The molecule has 1 aromatic heterocycles. The van der Waals surface area contributed by atoms with E-state index in [2.05, 4.69) is 17.3 Å². The molecule has 0 aliphatic heterocycles. The number of aryl methyl sites for hydroxylation is 1. The Morgan fingerprint density at radius 1 is 1.64 bits per heavy atom. The predicted molar refractivity (Wildman–Crippen MR) is 65.9 cm³/mol. The summed E-state index contributed by atoms with van der Waals surface area (Å²) in [5.74, 6) is 2.02. The standard InChI is InChI=1S/C10H18N2S2/c1-3-4-10-12-9(7-14-10)6-13-5-8(2)11/h7-8H,3-6,11H2,1-2H3. The number of nitrogens with zero attached hydrogens (tertiary/aromatic N) is 1. The fourth-order valence-corrected chi connectivity index (χ4v) is 2.95. The first-order valence-electron chi connectivity index (χ1n) is 4.99. The number of hydrogen-bond acceptors (Lipinski definition) is 4. The van der Waals surface area contributed by atoms with Gasteiger partial charge in [0.25, 0.3) is 0 Å². The van der Waals surface area contributed by atoms with Crippen molar-refractivity contribution in [3.8, 4) is 0 Å². The smallest absolute Gasteiger partial charge is 0.0928 e. The van der Waals surface area contributed by atoms with E-state index in [1.165, 1.54) is 17.1 Å². The van der Waals surface area contributed by atoms with Crippen LogP contribution in [0, 0.1) is 0 Å². The average Bonchev–Trinajstić information content (AvgIpc) is 2.53. The van der Waals surface area contributed by atoms with Gasteiger partial charge in [-0.25, -0.2) is 4.98 Å². The average molecular weight is 230 g/mol. The molecule has 0 spiro atoms. The summed E-state index contributed by atoms with van der Waals surface area (Å²) in [7, 11) is 0. The number of nitrogens with two attached hydrogens (primary N) is 1. The number of thiazole rings is 1. The molecule has 1 aromatic rings. The maximum absolute atomic E-state index is 5.67. The lowest BCUT2D eigenvalue weighted by Gasteiger charge is -2.02. The maximum Gasteiger partial charge on any atom is 0.0928 e. The Morgan fingerprint density at radius 3 is 3.07 bits per heavy atom. The molecule has 2 nitrogen and oxygen atoms in total. The molecule has 0 amide bonds. The summed E-state index contributed by atoms with van der Waals surface area (Å²) < 4.78 is 0. The Kier molecular flexibility index (Phi) is 5.52. The molecule has 4 heteroatoms. The normalized spacial score (nSPS) is 13.1. The maximum atomic E-state index is 5.67. The molecule has 14 heavy (non-hydrogen) atoms. The van der Waals surface area contributed by atoms with Gasteiger partial charge in [-0.1, -0.05) is 6.92 Å². The fraction of sp³-hybridized carbons (Fsp3) is 0.700. The molecule has 1 heterocycles. The lowest BCUT2D eigenvalue weighted by molar-refractivity contribution is 0.846. The minimum absolute atomic E-state index is 0.286. The van der Waals surface area contributed by atoms with E-state index < -0.39 is 0 Å². The second-order valence-electron chi connectivity index (χ2n) is 3.47. The third kappa shape index (κ3) is 4.44. The van der Waals surface area contributed by atoms with Crippen molar-refractivity contribution in [1.29, 1.82) is 0 Å². The summed E-state index contributed by atoms with van der Waals surface area (Å²) >= 11 is 3.64. The molecule has 1 atom stereocenters. The van der Waals surface area contributed by atoms with Gasteiger partial charge in [-0.2, -0.15) is 11.8 Å². The lowest BCUT2D eigenvalue weighted by Crippen LogP contribution is -2.17. The highest BCUT2D eigenvalue weighted by molar-refractivity contribution is 7.98. The highest BCUT2D eigenvalue weighted by Crippen LogP contribution is 2.17. The number of rotatable bonds is 6. The van der Waals surface area contributed by atoms with Crippen molar-refractivity contribution in [2.24, 2.45) is 5.73 Å². The van der Waals surface area contributed by atoms with Crippen LogP contribution in [0.1, 0.15) is 31.0 Å². The van der Waals surface area contributed by atoms with Crippen LogP contribution < -0.4 is 5.73 Å². The summed E-state index contributed by atoms with van der Waals surface area (Å²) in [6, 6.07) is 0.286. The molecule has 2 N–H and O–H groups in total. The Balaban J connectivity index is 2.28. The molecule has 1 rings (SSSR count). The van der Waals surface area contributed by atoms with E-state index in [4.69, 9.17) is 5.73 Å². The van der Waals surface area contributed by atoms with E-state index in [1.54, 1.807) is 11.3 Å². The van der Waals surface area contributed by atoms with E-state index in [1.807, 2.05) is 18.7 Å². The van der Waals surface area contributed by atoms with Gasteiger partial charge in [0.2, 0.25) is 0 Å². The molecule has 0 saturated heterocycles. The third-order valence-electron chi connectivity index (χ3n) is 1.69. The first-order chi connectivity index (χ1) is 6.72. The van der Waals surface area contributed by atoms with Crippen LogP contribution in [-0.4, -0.2) is 16.8 Å². The van der Waals surface area contributed by atoms with Crippen molar-refractivity contribution in [3.05, 3.63) is 16.1 Å². The van der Waals surface area contributed by atoms with Gasteiger partial charge in [0.1, 0.15) is 0 Å². The minimum atomic E-state index is 0.286. The molecule has 0 aromatic carbocycles. The van der Waals surface area contributed by atoms with Crippen molar-refractivity contribution in [3.63, 3.8) is 0 Å². The van der Waals surface area contributed by atoms with Crippen LogP contribution in [0.5, 0.6) is 0 Å². The predicted octanol–water partition coefficient (Wildman–Crippen LogP) is 2.68. The summed E-state index contributed by atoms with van der Waals surface area (Å²) in [5.41, 5.74) is 6.88. The van der Waals surface area contributed by atoms with Crippen LogP contribution >= 0.6 is 23.1 Å².